The number of aliphatic hydroxyl groups is 1. The highest BCUT2D eigenvalue weighted by atomic mass is 35.5. The van der Waals surface area contributed by atoms with Crippen molar-refractivity contribution in [2.75, 3.05) is 25.1 Å². The molecule has 4 heterocycles. The number of anilines is 1. The summed E-state index contributed by atoms with van der Waals surface area (Å²) in [6, 6.07) is 13.7. The van der Waals surface area contributed by atoms with Gasteiger partial charge in [0.2, 0.25) is 11.8 Å². The molecule has 2 fully saturated rings. The largest absolute Gasteiger partial charge is 0.455 e. The molecule has 4 aliphatic heterocycles. The number of ether oxygens (including phenoxy) is 2. The number of fused-ring (bicyclic) bond motifs is 2. The van der Waals surface area contributed by atoms with Gasteiger partial charge in [-0.15, -0.1) is 0 Å². The fourth-order valence-corrected chi connectivity index (χ4v) is 7.99. The molecule has 3 amide bonds. The number of halogens is 1. The number of carbonyl (C=O) groups is 4. The first-order valence-electron chi connectivity index (χ1n) is 17.0. The average Bonchev–Trinajstić information content (AvgIpc) is 3.74. The van der Waals surface area contributed by atoms with Gasteiger partial charge in [0.1, 0.15) is 23.7 Å². The molecule has 8 atom stereocenters. The zero-order valence-corrected chi connectivity index (χ0v) is 29.0. The number of nitrogens with zero attached hydrogens (tertiary/aromatic N) is 3. The quantitative estimate of drug-likeness (QED) is 0.345. The van der Waals surface area contributed by atoms with Gasteiger partial charge in [-0.25, -0.2) is 0 Å². The monoisotopic (exact) mass is 689 g/mol. The maximum Gasteiger partial charge on any atom is 0.313 e. The lowest BCUT2D eigenvalue weighted by atomic mass is 9.74. The highest BCUT2D eigenvalue weighted by molar-refractivity contribution is 6.30. The number of allylic oxidation sites excluding steroid dienone is 1. The zero-order valence-electron chi connectivity index (χ0n) is 28.3. The summed E-state index contributed by atoms with van der Waals surface area (Å²) in [6.45, 7) is 5.59. The summed E-state index contributed by atoms with van der Waals surface area (Å²) in [5.41, 5.74) is -0.203. The third kappa shape index (κ3) is 6.30. The Morgan fingerprint density at radius 3 is 2.39 bits per heavy atom. The summed E-state index contributed by atoms with van der Waals surface area (Å²) in [4.78, 5) is 62.1. The van der Waals surface area contributed by atoms with Crippen LogP contribution in [0.5, 0.6) is 0 Å². The number of esters is 1. The van der Waals surface area contributed by atoms with Crippen molar-refractivity contribution >= 4 is 41.0 Å². The van der Waals surface area contributed by atoms with Crippen LogP contribution in [-0.4, -0.2) is 88.6 Å². The lowest BCUT2D eigenvalue weighted by Crippen LogP contribution is -2.59. The summed E-state index contributed by atoms with van der Waals surface area (Å²) >= 11 is 6.22. The summed E-state index contributed by atoms with van der Waals surface area (Å²) in [7, 11) is 1.70. The van der Waals surface area contributed by atoms with Gasteiger partial charge >= 0.3 is 5.97 Å². The maximum atomic E-state index is 15.0. The topological polar surface area (TPSA) is 117 Å². The predicted molar refractivity (Wildman–Crippen MR) is 184 cm³/mol. The summed E-state index contributed by atoms with van der Waals surface area (Å²) in [5, 5.41) is 11.2. The lowest BCUT2D eigenvalue weighted by molar-refractivity contribution is -0.164. The van der Waals surface area contributed by atoms with Crippen LogP contribution in [0.25, 0.3) is 0 Å². The van der Waals surface area contributed by atoms with E-state index in [0.29, 0.717) is 29.1 Å². The van der Waals surface area contributed by atoms with Crippen molar-refractivity contribution in [2.24, 2.45) is 17.8 Å². The Morgan fingerprint density at radius 2 is 1.71 bits per heavy atom. The van der Waals surface area contributed by atoms with Crippen LogP contribution in [0.2, 0.25) is 5.02 Å². The Kier molecular flexibility index (Phi) is 10.0. The number of amides is 3. The standard InChI is InChI=1S/C38H44ClN3O7/c1-23(2)21-28(22-43)42-34-36(46)41(27-16-14-26(39)15-17-27)20-10-6-9-13-30(44)40(4)24(3)33(25-11-7-5-8-12-25)48-37(47)31-29-18-19-38(34,49-29)32(31)35(42)45/h5-8,10-12,14-19,23-24,28-29,31-34,43H,9,13,20-22H2,1-4H3/b10-6-/t24-,28+,29+,31-,32-,33+,34+,38-/m0/s1. The highest BCUT2D eigenvalue weighted by Gasteiger charge is 2.74. The fraction of sp³-hybridized carbons (Fsp3) is 0.474. The van der Waals surface area contributed by atoms with Crippen LogP contribution < -0.4 is 4.90 Å². The first-order valence-corrected chi connectivity index (χ1v) is 17.4. The molecule has 0 aromatic heterocycles. The van der Waals surface area contributed by atoms with Crippen LogP contribution in [0.3, 0.4) is 0 Å². The molecule has 2 saturated heterocycles. The van der Waals surface area contributed by atoms with E-state index in [2.05, 4.69) is 0 Å². The molecule has 0 unspecified atom stereocenters. The first-order chi connectivity index (χ1) is 23.5. The van der Waals surface area contributed by atoms with Crippen molar-refractivity contribution in [3.8, 4) is 0 Å². The first kappa shape index (κ1) is 34.9. The third-order valence-electron chi connectivity index (χ3n) is 10.4. The second-order valence-corrected chi connectivity index (χ2v) is 14.3. The highest BCUT2D eigenvalue weighted by Crippen LogP contribution is 2.56. The molecule has 49 heavy (non-hydrogen) atoms. The number of cyclic esters (lactones) is 1. The minimum absolute atomic E-state index is 0.0980. The average molecular weight is 690 g/mol. The molecular formula is C38H44ClN3O7. The molecule has 260 valence electrons. The number of carbonyl (C=O) groups excluding carboxylic acids is 4. The van der Waals surface area contributed by atoms with E-state index < -0.39 is 65.6 Å². The van der Waals surface area contributed by atoms with Gasteiger partial charge in [-0.2, -0.15) is 0 Å². The molecule has 4 aliphatic rings. The van der Waals surface area contributed by atoms with Gasteiger partial charge in [0.25, 0.3) is 5.91 Å². The second-order valence-electron chi connectivity index (χ2n) is 13.9. The molecule has 1 spiro atoms. The van der Waals surface area contributed by atoms with E-state index >= 15 is 4.79 Å². The van der Waals surface area contributed by atoms with E-state index in [4.69, 9.17) is 21.1 Å². The Balaban J connectivity index is 1.49. The van der Waals surface area contributed by atoms with Crippen LogP contribution in [0.4, 0.5) is 5.69 Å². The molecule has 2 aromatic rings. The smallest absolute Gasteiger partial charge is 0.313 e. The minimum atomic E-state index is -1.46. The normalized spacial score (nSPS) is 31.8. The van der Waals surface area contributed by atoms with Gasteiger partial charge in [-0.1, -0.05) is 80.1 Å². The van der Waals surface area contributed by atoms with Crippen molar-refractivity contribution in [1.82, 2.24) is 9.80 Å². The van der Waals surface area contributed by atoms with E-state index in [1.54, 1.807) is 53.3 Å². The second kappa shape index (κ2) is 14.1. The number of benzene rings is 2. The van der Waals surface area contributed by atoms with Crippen LogP contribution in [0.15, 0.2) is 78.9 Å². The van der Waals surface area contributed by atoms with Crippen LogP contribution in [0.1, 0.15) is 51.7 Å². The van der Waals surface area contributed by atoms with E-state index in [1.165, 1.54) is 4.90 Å². The number of hydrogen-bond donors (Lipinski definition) is 1. The Labute approximate surface area is 292 Å². The lowest BCUT2D eigenvalue weighted by Gasteiger charge is -2.39. The predicted octanol–water partition coefficient (Wildman–Crippen LogP) is 4.71. The number of hydrogen-bond acceptors (Lipinski definition) is 7. The third-order valence-corrected chi connectivity index (χ3v) is 10.6. The van der Waals surface area contributed by atoms with Crippen molar-refractivity contribution in [3.63, 3.8) is 0 Å². The summed E-state index contributed by atoms with van der Waals surface area (Å²) in [6.07, 6.45) is 6.64. The van der Waals surface area contributed by atoms with Gasteiger partial charge in [0, 0.05) is 30.7 Å². The number of aliphatic hydroxyl groups excluding tert-OH is 1. The Bertz CT molecular complexity index is 1630. The van der Waals surface area contributed by atoms with Gasteiger partial charge in [-0.05, 0) is 55.5 Å². The van der Waals surface area contributed by atoms with Gasteiger partial charge in [0.05, 0.1) is 30.7 Å². The fourth-order valence-electron chi connectivity index (χ4n) is 7.86. The Hall–Kier alpha value is -3.99. The van der Waals surface area contributed by atoms with E-state index in [0.717, 1.165) is 0 Å². The van der Waals surface area contributed by atoms with E-state index in [9.17, 15) is 19.5 Å². The van der Waals surface area contributed by atoms with Crippen molar-refractivity contribution in [2.45, 2.75) is 76.0 Å². The zero-order chi connectivity index (χ0) is 35.0. The van der Waals surface area contributed by atoms with Crippen LogP contribution in [-0.2, 0) is 28.7 Å². The molecular weight excluding hydrogens is 646 g/mol. The molecule has 1 N–H and O–H groups in total. The summed E-state index contributed by atoms with van der Waals surface area (Å²) in [5.74, 6) is -3.63. The molecule has 0 saturated carbocycles. The molecule has 0 radical (unpaired) electrons. The number of likely N-dealkylation sites (tertiary alicyclic amines) is 1. The molecule has 11 heteroatoms. The molecule has 5 bridgehead atoms. The SMILES string of the molecule is CC(C)C[C@H](CO)N1C(=O)[C@@H]2[C@H]3C(=O)O[C@@H](c4ccccc4)[C@H](C)N(C)C(=O)CC/C=C\CN(c4ccc(Cl)cc4)C(=O)[C@@H]1[C@]21C=C[C@H]3O1. The van der Waals surface area contributed by atoms with Crippen LogP contribution >= 0.6 is 11.6 Å². The number of likely N-dealkylation sites (N-methyl/N-ethyl adjacent to an activating group) is 1. The molecule has 2 aromatic carbocycles. The number of rotatable bonds is 6. The van der Waals surface area contributed by atoms with Crippen LogP contribution in [0, 0.1) is 17.8 Å². The molecule has 6 rings (SSSR count). The van der Waals surface area contributed by atoms with E-state index in [1.807, 2.05) is 63.3 Å². The van der Waals surface area contributed by atoms with Crippen molar-refractivity contribution < 1.29 is 33.8 Å². The maximum absolute atomic E-state index is 15.0. The van der Waals surface area contributed by atoms with Gasteiger partial charge < -0.3 is 29.3 Å². The minimum Gasteiger partial charge on any atom is -0.455 e. The molecule has 10 nitrogen and oxygen atoms in total. The summed E-state index contributed by atoms with van der Waals surface area (Å²) < 4.78 is 12.9. The van der Waals surface area contributed by atoms with Crippen molar-refractivity contribution in [1.29, 1.82) is 0 Å². The van der Waals surface area contributed by atoms with Gasteiger partial charge in [0.15, 0.2) is 0 Å². The van der Waals surface area contributed by atoms with Crippen molar-refractivity contribution in [3.05, 3.63) is 89.5 Å². The Morgan fingerprint density at radius 1 is 1.00 bits per heavy atom. The molecule has 0 aliphatic carbocycles. The van der Waals surface area contributed by atoms with E-state index in [-0.39, 0.29) is 31.4 Å². The van der Waals surface area contributed by atoms with Gasteiger partial charge in [-0.3, -0.25) is 19.2 Å².